The van der Waals surface area contributed by atoms with Crippen molar-refractivity contribution in [3.8, 4) is 0 Å². The van der Waals surface area contributed by atoms with Gasteiger partial charge in [0, 0.05) is 6.61 Å². The van der Waals surface area contributed by atoms with Crippen LogP contribution in [0.1, 0.15) is 117 Å². The van der Waals surface area contributed by atoms with Crippen LogP contribution in [0.5, 0.6) is 0 Å². The molecule has 0 radical (unpaired) electrons. The van der Waals surface area contributed by atoms with Crippen molar-refractivity contribution in [1.29, 1.82) is 0 Å². The van der Waals surface area contributed by atoms with E-state index in [1.165, 1.54) is 96.3 Å². The molecule has 0 bridgehead atoms. The summed E-state index contributed by atoms with van der Waals surface area (Å²) in [6, 6.07) is 0. The highest BCUT2D eigenvalue weighted by molar-refractivity contribution is 4.61. The van der Waals surface area contributed by atoms with Crippen molar-refractivity contribution in [2.24, 2.45) is 0 Å². The Labute approximate surface area is 164 Å². The maximum absolute atomic E-state index is 9.65. The van der Waals surface area contributed by atoms with Gasteiger partial charge in [-0.2, -0.15) is 0 Å². The monoisotopic (exact) mass is 371 g/mol. The van der Waals surface area contributed by atoms with Crippen molar-refractivity contribution in [2.75, 3.05) is 20.7 Å². The van der Waals surface area contributed by atoms with Crippen LogP contribution in [0.4, 0.5) is 0 Å². The zero-order valence-electron chi connectivity index (χ0n) is 18.5. The molecule has 2 unspecified atom stereocenters. The molecule has 158 valence electrons. The molecular weight excluding hydrogens is 322 g/mol. The third-order valence-corrected chi connectivity index (χ3v) is 5.21. The third kappa shape index (κ3) is 17.3. The molecule has 0 saturated carbocycles. The van der Waals surface area contributed by atoms with Crippen LogP contribution in [0.2, 0.25) is 0 Å². The van der Waals surface area contributed by atoms with Gasteiger partial charge in [-0.15, -0.1) is 0 Å². The molecule has 0 aromatic carbocycles. The topological polar surface area (TPSA) is 32.7 Å². The molecule has 0 aromatic heterocycles. The Kier molecular flexibility index (Phi) is 19.5. The molecule has 0 aliphatic rings. The molecule has 2 atom stereocenters. The molecule has 0 aromatic rings. The minimum Gasteiger partial charge on any atom is -0.389 e. The van der Waals surface area contributed by atoms with E-state index in [1.807, 2.05) is 19.0 Å². The van der Waals surface area contributed by atoms with Gasteiger partial charge in [-0.3, -0.25) is 4.90 Å². The summed E-state index contributed by atoms with van der Waals surface area (Å²) in [5.74, 6) is 0. The lowest BCUT2D eigenvalue weighted by Gasteiger charge is -2.26. The number of aliphatic hydroxyl groups excluding tert-OH is 1. The summed E-state index contributed by atoms with van der Waals surface area (Å²) in [5.41, 5.74) is 0. The van der Waals surface area contributed by atoms with Crippen molar-refractivity contribution in [3.05, 3.63) is 0 Å². The van der Waals surface area contributed by atoms with Crippen LogP contribution in [0, 0.1) is 0 Å². The summed E-state index contributed by atoms with van der Waals surface area (Å²) in [7, 11) is 3.90. The summed E-state index contributed by atoms with van der Waals surface area (Å²) < 4.78 is 5.76. The first-order valence-electron chi connectivity index (χ1n) is 11.6. The van der Waals surface area contributed by atoms with Gasteiger partial charge in [0.15, 0.2) is 0 Å². The molecule has 3 nitrogen and oxygen atoms in total. The van der Waals surface area contributed by atoms with E-state index in [2.05, 4.69) is 6.92 Å². The predicted molar refractivity (Wildman–Crippen MR) is 115 cm³/mol. The summed E-state index contributed by atoms with van der Waals surface area (Å²) >= 11 is 0. The number of likely N-dealkylation sites (N-methyl/N-ethyl adjacent to an activating group) is 1. The molecule has 0 aliphatic heterocycles. The normalized spacial score (nSPS) is 14.1. The molecule has 0 spiro atoms. The Morgan fingerprint density at radius 1 is 0.654 bits per heavy atom. The van der Waals surface area contributed by atoms with Crippen LogP contribution in [0.3, 0.4) is 0 Å². The smallest absolute Gasteiger partial charge is 0.136 e. The molecule has 0 saturated heterocycles. The second kappa shape index (κ2) is 19.6. The minimum absolute atomic E-state index is 0.175. The molecule has 0 fully saturated rings. The summed E-state index contributed by atoms with van der Waals surface area (Å²) in [5, 5.41) is 9.65. The largest absolute Gasteiger partial charge is 0.389 e. The molecule has 0 amide bonds. The van der Waals surface area contributed by atoms with Crippen molar-refractivity contribution >= 4 is 0 Å². The lowest BCUT2D eigenvalue weighted by atomic mass is 10.0. The number of ether oxygens (including phenoxy) is 1. The highest BCUT2D eigenvalue weighted by Gasteiger charge is 2.17. The second-order valence-electron chi connectivity index (χ2n) is 8.27. The lowest BCUT2D eigenvalue weighted by Crippen LogP contribution is -2.39. The maximum Gasteiger partial charge on any atom is 0.136 e. The van der Waals surface area contributed by atoms with E-state index in [9.17, 15) is 5.11 Å². The van der Waals surface area contributed by atoms with Crippen LogP contribution in [-0.2, 0) is 4.74 Å². The SMILES string of the molecule is CCCCCCCCCCCCCCCCCCOC(C(C)O)N(C)C. The van der Waals surface area contributed by atoms with Crippen molar-refractivity contribution in [2.45, 2.75) is 129 Å². The van der Waals surface area contributed by atoms with E-state index in [0.29, 0.717) is 0 Å². The quantitative estimate of drug-likeness (QED) is 0.195. The first-order chi connectivity index (χ1) is 12.6. The van der Waals surface area contributed by atoms with Gasteiger partial charge in [-0.1, -0.05) is 103 Å². The fourth-order valence-electron chi connectivity index (χ4n) is 3.57. The van der Waals surface area contributed by atoms with Gasteiger partial charge in [0.2, 0.25) is 0 Å². The molecular formula is C23H49NO2. The van der Waals surface area contributed by atoms with Crippen molar-refractivity contribution in [3.63, 3.8) is 0 Å². The average Bonchev–Trinajstić information content (AvgIpc) is 2.60. The van der Waals surface area contributed by atoms with Gasteiger partial charge in [-0.05, 0) is 27.4 Å². The average molecular weight is 372 g/mol. The summed E-state index contributed by atoms with van der Waals surface area (Å²) in [4.78, 5) is 1.94. The number of nitrogens with zero attached hydrogens (tertiary/aromatic N) is 1. The van der Waals surface area contributed by atoms with Gasteiger partial charge in [0.25, 0.3) is 0 Å². The molecule has 26 heavy (non-hydrogen) atoms. The van der Waals surface area contributed by atoms with E-state index in [4.69, 9.17) is 4.74 Å². The van der Waals surface area contributed by atoms with Crippen molar-refractivity contribution < 1.29 is 9.84 Å². The van der Waals surface area contributed by atoms with Gasteiger partial charge >= 0.3 is 0 Å². The van der Waals surface area contributed by atoms with E-state index in [-0.39, 0.29) is 6.23 Å². The summed E-state index contributed by atoms with van der Waals surface area (Å²) in [6.45, 7) is 4.83. The Hall–Kier alpha value is -0.120. The van der Waals surface area contributed by atoms with Crippen LogP contribution in [0.15, 0.2) is 0 Å². The zero-order chi connectivity index (χ0) is 19.5. The number of aliphatic hydroxyl groups is 1. The van der Waals surface area contributed by atoms with Crippen molar-refractivity contribution in [1.82, 2.24) is 4.90 Å². The molecule has 0 aliphatic carbocycles. The first kappa shape index (κ1) is 25.9. The van der Waals surface area contributed by atoms with E-state index in [1.54, 1.807) is 6.92 Å². The fourth-order valence-corrected chi connectivity index (χ4v) is 3.57. The zero-order valence-corrected chi connectivity index (χ0v) is 18.5. The second-order valence-corrected chi connectivity index (χ2v) is 8.27. The van der Waals surface area contributed by atoms with Crippen LogP contribution in [0.25, 0.3) is 0 Å². The number of unbranched alkanes of at least 4 members (excludes halogenated alkanes) is 15. The van der Waals surface area contributed by atoms with E-state index < -0.39 is 6.10 Å². The predicted octanol–water partition coefficient (Wildman–Crippen LogP) is 6.53. The van der Waals surface area contributed by atoms with E-state index in [0.717, 1.165) is 13.0 Å². The number of hydrogen-bond donors (Lipinski definition) is 1. The highest BCUT2D eigenvalue weighted by atomic mass is 16.5. The number of rotatable bonds is 20. The molecule has 1 N–H and O–H groups in total. The number of hydrogen-bond acceptors (Lipinski definition) is 3. The fraction of sp³-hybridized carbons (Fsp3) is 1.00. The lowest BCUT2D eigenvalue weighted by molar-refractivity contribution is -0.102. The Balaban J connectivity index is 3.18. The van der Waals surface area contributed by atoms with Crippen LogP contribution >= 0.6 is 0 Å². The maximum atomic E-state index is 9.65. The van der Waals surface area contributed by atoms with Gasteiger partial charge < -0.3 is 9.84 Å². The Morgan fingerprint density at radius 2 is 1.00 bits per heavy atom. The van der Waals surface area contributed by atoms with Gasteiger partial charge in [0.1, 0.15) is 6.23 Å². The Morgan fingerprint density at radius 3 is 1.31 bits per heavy atom. The minimum atomic E-state index is -0.439. The molecule has 0 heterocycles. The van der Waals surface area contributed by atoms with Crippen LogP contribution < -0.4 is 0 Å². The Bertz CT molecular complexity index is 261. The standard InChI is InChI=1S/C23H49NO2/c1-5-6-7-8-9-10-11-12-13-14-15-16-17-18-19-20-21-26-23(22(2)25)24(3)4/h22-23,25H,5-21H2,1-4H3. The first-order valence-corrected chi connectivity index (χ1v) is 11.6. The van der Waals surface area contributed by atoms with Gasteiger partial charge in [0.05, 0.1) is 6.10 Å². The van der Waals surface area contributed by atoms with Crippen LogP contribution in [-0.4, -0.2) is 43.0 Å². The van der Waals surface area contributed by atoms with Gasteiger partial charge in [-0.25, -0.2) is 0 Å². The summed E-state index contributed by atoms with van der Waals surface area (Å²) in [6.07, 6.45) is 21.6. The molecule has 0 rings (SSSR count). The third-order valence-electron chi connectivity index (χ3n) is 5.21. The highest BCUT2D eigenvalue weighted by Crippen LogP contribution is 2.14. The van der Waals surface area contributed by atoms with E-state index >= 15 is 0 Å². The molecule has 3 heteroatoms.